The van der Waals surface area contributed by atoms with E-state index in [-0.39, 0.29) is 6.04 Å². The van der Waals surface area contributed by atoms with E-state index in [4.69, 9.17) is 26.8 Å². The molecule has 0 spiro atoms. The van der Waals surface area contributed by atoms with Crippen molar-refractivity contribution in [1.82, 2.24) is 0 Å². The van der Waals surface area contributed by atoms with Crippen molar-refractivity contribution in [2.75, 3.05) is 7.11 Å². The maximum Gasteiger partial charge on any atom is 0.124 e. The second-order valence-corrected chi connectivity index (χ2v) is 5.32. The number of benzene rings is 2. The van der Waals surface area contributed by atoms with Gasteiger partial charge < -0.3 is 15.2 Å². The largest absolute Gasteiger partial charge is 0.496 e. The monoisotopic (exact) mass is 289 g/mol. The number of rotatable bonds is 3. The molecule has 1 heterocycles. The van der Waals surface area contributed by atoms with Crippen LogP contribution in [-0.2, 0) is 18.0 Å². The van der Waals surface area contributed by atoms with Gasteiger partial charge in [-0.05, 0) is 34.9 Å². The lowest BCUT2D eigenvalue weighted by molar-refractivity contribution is 0.134. The molecule has 3 rings (SSSR count). The molecule has 20 heavy (non-hydrogen) atoms. The topological polar surface area (TPSA) is 44.5 Å². The smallest absolute Gasteiger partial charge is 0.124 e. The Morgan fingerprint density at radius 1 is 1.15 bits per heavy atom. The van der Waals surface area contributed by atoms with Gasteiger partial charge in [0.2, 0.25) is 0 Å². The van der Waals surface area contributed by atoms with Crippen LogP contribution in [0.3, 0.4) is 0 Å². The fourth-order valence-corrected chi connectivity index (χ4v) is 2.69. The van der Waals surface area contributed by atoms with E-state index in [9.17, 15) is 0 Å². The SMILES string of the molecule is COc1ccc(Cl)cc1C(N)c1ccc2c(c1)COC2. The van der Waals surface area contributed by atoms with Gasteiger partial charge in [-0.2, -0.15) is 0 Å². The number of hydrogen-bond acceptors (Lipinski definition) is 3. The van der Waals surface area contributed by atoms with E-state index in [1.165, 1.54) is 11.1 Å². The molecule has 4 heteroatoms. The number of nitrogens with two attached hydrogens (primary N) is 1. The molecule has 0 saturated carbocycles. The van der Waals surface area contributed by atoms with Gasteiger partial charge in [0.15, 0.2) is 0 Å². The zero-order valence-corrected chi connectivity index (χ0v) is 12.0. The molecule has 2 aromatic carbocycles. The van der Waals surface area contributed by atoms with Crippen LogP contribution in [0.2, 0.25) is 5.02 Å². The van der Waals surface area contributed by atoms with Gasteiger partial charge in [0.25, 0.3) is 0 Å². The molecule has 1 aliphatic heterocycles. The summed E-state index contributed by atoms with van der Waals surface area (Å²) in [7, 11) is 1.63. The number of hydrogen-bond donors (Lipinski definition) is 1. The summed E-state index contributed by atoms with van der Waals surface area (Å²) in [5.74, 6) is 0.749. The van der Waals surface area contributed by atoms with Crippen molar-refractivity contribution in [3.05, 3.63) is 63.7 Å². The molecule has 2 N–H and O–H groups in total. The van der Waals surface area contributed by atoms with E-state index in [1.807, 2.05) is 18.2 Å². The lowest BCUT2D eigenvalue weighted by atomic mass is 9.96. The van der Waals surface area contributed by atoms with Crippen molar-refractivity contribution in [1.29, 1.82) is 0 Å². The molecule has 0 radical (unpaired) electrons. The van der Waals surface area contributed by atoms with Crippen molar-refractivity contribution in [2.24, 2.45) is 5.73 Å². The van der Waals surface area contributed by atoms with Crippen LogP contribution in [-0.4, -0.2) is 7.11 Å². The third-order valence-electron chi connectivity index (χ3n) is 3.63. The van der Waals surface area contributed by atoms with Gasteiger partial charge in [-0.1, -0.05) is 29.8 Å². The molecule has 0 fully saturated rings. The molecule has 0 saturated heterocycles. The van der Waals surface area contributed by atoms with E-state index in [0.29, 0.717) is 18.2 Å². The first-order valence-electron chi connectivity index (χ1n) is 6.47. The minimum atomic E-state index is -0.269. The zero-order chi connectivity index (χ0) is 14.1. The highest BCUT2D eigenvalue weighted by molar-refractivity contribution is 6.30. The molecule has 104 valence electrons. The predicted molar refractivity (Wildman–Crippen MR) is 79.0 cm³/mol. The van der Waals surface area contributed by atoms with Crippen LogP contribution >= 0.6 is 11.6 Å². The average molecular weight is 290 g/mol. The third kappa shape index (κ3) is 2.40. The summed E-state index contributed by atoms with van der Waals surface area (Å²) < 4.78 is 10.8. The van der Waals surface area contributed by atoms with Gasteiger partial charge in [-0.15, -0.1) is 0 Å². The molecular formula is C16H16ClNO2. The predicted octanol–water partition coefficient (Wildman–Crippen LogP) is 3.43. The molecule has 3 nitrogen and oxygen atoms in total. The summed E-state index contributed by atoms with van der Waals surface area (Å²) in [4.78, 5) is 0. The van der Waals surface area contributed by atoms with Crippen molar-refractivity contribution >= 4 is 11.6 Å². The second kappa shape index (κ2) is 5.44. The fraction of sp³-hybridized carbons (Fsp3) is 0.250. The Morgan fingerprint density at radius 2 is 1.95 bits per heavy atom. The Hall–Kier alpha value is -1.55. The maximum absolute atomic E-state index is 6.38. The minimum Gasteiger partial charge on any atom is -0.496 e. The van der Waals surface area contributed by atoms with Crippen molar-refractivity contribution in [3.63, 3.8) is 0 Å². The summed E-state index contributed by atoms with van der Waals surface area (Å²) in [6, 6.07) is 11.4. The normalized spacial score (nSPS) is 14.9. The van der Waals surface area contributed by atoms with Crippen molar-refractivity contribution in [3.8, 4) is 5.75 Å². The Balaban J connectivity index is 2.00. The quantitative estimate of drug-likeness (QED) is 0.941. The highest BCUT2D eigenvalue weighted by Crippen LogP contribution is 2.32. The number of methoxy groups -OCH3 is 1. The molecular weight excluding hydrogens is 274 g/mol. The molecule has 0 bridgehead atoms. The van der Waals surface area contributed by atoms with E-state index in [1.54, 1.807) is 13.2 Å². The summed E-state index contributed by atoms with van der Waals surface area (Å²) in [6.45, 7) is 1.34. The highest BCUT2D eigenvalue weighted by Gasteiger charge is 2.18. The summed E-state index contributed by atoms with van der Waals surface area (Å²) >= 11 is 6.07. The lowest BCUT2D eigenvalue weighted by Gasteiger charge is -2.17. The van der Waals surface area contributed by atoms with Gasteiger partial charge >= 0.3 is 0 Å². The number of fused-ring (bicyclic) bond motifs is 1. The van der Waals surface area contributed by atoms with Crippen LogP contribution in [0.4, 0.5) is 0 Å². The van der Waals surface area contributed by atoms with Gasteiger partial charge in [0, 0.05) is 10.6 Å². The fourth-order valence-electron chi connectivity index (χ4n) is 2.51. The van der Waals surface area contributed by atoms with Crippen LogP contribution in [0, 0.1) is 0 Å². The zero-order valence-electron chi connectivity index (χ0n) is 11.2. The van der Waals surface area contributed by atoms with Gasteiger partial charge in [-0.25, -0.2) is 0 Å². The average Bonchev–Trinajstić information content (AvgIpc) is 2.93. The number of ether oxygens (including phenoxy) is 2. The third-order valence-corrected chi connectivity index (χ3v) is 3.87. The van der Waals surface area contributed by atoms with Gasteiger partial charge in [0.1, 0.15) is 5.75 Å². The van der Waals surface area contributed by atoms with Crippen LogP contribution in [0.1, 0.15) is 28.3 Å². The Labute approximate surface area is 123 Å². The summed E-state index contributed by atoms with van der Waals surface area (Å²) in [5.41, 5.74) is 10.7. The first kappa shape index (κ1) is 13.4. The Kier molecular flexibility index (Phi) is 3.66. The van der Waals surface area contributed by atoms with Gasteiger partial charge in [0.05, 0.1) is 26.4 Å². The molecule has 1 unspecified atom stereocenters. The minimum absolute atomic E-state index is 0.269. The maximum atomic E-state index is 6.38. The molecule has 1 aliphatic rings. The lowest BCUT2D eigenvalue weighted by Crippen LogP contribution is -2.13. The molecule has 0 aliphatic carbocycles. The first-order valence-corrected chi connectivity index (χ1v) is 6.85. The molecule has 0 amide bonds. The van der Waals surface area contributed by atoms with Crippen molar-refractivity contribution < 1.29 is 9.47 Å². The van der Waals surface area contributed by atoms with Crippen LogP contribution < -0.4 is 10.5 Å². The first-order chi connectivity index (χ1) is 9.69. The summed E-state index contributed by atoms with van der Waals surface area (Å²) in [5, 5.41) is 0.653. The number of halogens is 1. The van der Waals surface area contributed by atoms with E-state index < -0.39 is 0 Å². The van der Waals surface area contributed by atoms with Crippen molar-refractivity contribution in [2.45, 2.75) is 19.3 Å². The molecule has 0 aromatic heterocycles. The van der Waals surface area contributed by atoms with Crippen LogP contribution in [0.15, 0.2) is 36.4 Å². The summed E-state index contributed by atoms with van der Waals surface area (Å²) in [6.07, 6.45) is 0. The van der Waals surface area contributed by atoms with Gasteiger partial charge in [-0.3, -0.25) is 0 Å². The Bertz CT molecular complexity index is 642. The highest BCUT2D eigenvalue weighted by atomic mass is 35.5. The van der Waals surface area contributed by atoms with E-state index >= 15 is 0 Å². The molecule has 2 aromatic rings. The Morgan fingerprint density at radius 3 is 2.75 bits per heavy atom. The second-order valence-electron chi connectivity index (χ2n) is 4.88. The van der Waals surface area contributed by atoms with E-state index in [0.717, 1.165) is 16.9 Å². The van der Waals surface area contributed by atoms with Crippen LogP contribution in [0.5, 0.6) is 5.75 Å². The van der Waals surface area contributed by atoms with E-state index in [2.05, 4.69) is 12.1 Å². The van der Waals surface area contributed by atoms with Crippen LogP contribution in [0.25, 0.3) is 0 Å². The molecule has 1 atom stereocenters. The standard InChI is InChI=1S/C16H16ClNO2/c1-19-15-5-4-13(17)7-14(15)16(18)10-2-3-11-8-20-9-12(11)6-10/h2-7,16H,8-9,18H2,1H3.